The zero-order valence-corrected chi connectivity index (χ0v) is 13.2. The van der Waals surface area contributed by atoms with Crippen LogP contribution in [0.4, 0.5) is 5.82 Å². The molecule has 0 bridgehead atoms. The number of rotatable bonds is 5. The number of hydrogen-bond donors (Lipinski definition) is 1. The second-order valence-electron chi connectivity index (χ2n) is 6.36. The maximum absolute atomic E-state index is 4.47. The Labute approximate surface area is 128 Å². The molecule has 1 atom stereocenters. The molecule has 2 fully saturated rings. The van der Waals surface area contributed by atoms with Gasteiger partial charge in [-0.25, -0.2) is 4.98 Å². The molecule has 1 unspecified atom stereocenters. The molecule has 4 heteroatoms. The van der Waals surface area contributed by atoms with Gasteiger partial charge in [0.2, 0.25) is 0 Å². The van der Waals surface area contributed by atoms with Gasteiger partial charge in [-0.2, -0.15) is 0 Å². The molecule has 3 rings (SSSR count). The van der Waals surface area contributed by atoms with Crippen LogP contribution in [0.25, 0.3) is 0 Å². The summed E-state index contributed by atoms with van der Waals surface area (Å²) in [6.07, 6.45) is 7.57. The Bertz CT molecular complexity index is 425. The highest BCUT2D eigenvalue weighted by molar-refractivity contribution is 5.35. The van der Waals surface area contributed by atoms with Crippen molar-refractivity contribution in [3.05, 3.63) is 23.9 Å². The lowest BCUT2D eigenvalue weighted by atomic mass is 10.1. The van der Waals surface area contributed by atoms with Crippen molar-refractivity contribution in [1.29, 1.82) is 0 Å². The van der Waals surface area contributed by atoms with Crippen LogP contribution in [0.5, 0.6) is 0 Å². The third-order valence-corrected chi connectivity index (χ3v) is 4.74. The van der Waals surface area contributed by atoms with E-state index in [-0.39, 0.29) is 0 Å². The minimum Gasteiger partial charge on any atom is -0.370 e. The fourth-order valence-corrected chi connectivity index (χ4v) is 3.60. The summed E-state index contributed by atoms with van der Waals surface area (Å²) >= 11 is 0. The summed E-state index contributed by atoms with van der Waals surface area (Å²) < 4.78 is 0. The van der Waals surface area contributed by atoms with E-state index < -0.39 is 0 Å². The van der Waals surface area contributed by atoms with Crippen molar-refractivity contribution in [3.8, 4) is 0 Å². The van der Waals surface area contributed by atoms with E-state index in [1.54, 1.807) is 0 Å². The molecule has 116 valence electrons. The summed E-state index contributed by atoms with van der Waals surface area (Å²) in [6.45, 7) is 9.17. The third-order valence-electron chi connectivity index (χ3n) is 4.74. The Kier molecular flexibility index (Phi) is 5.09. The number of pyridine rings is 1. The van der Waals surface area contributed by atoms with Crippen LogP contribution in [0.2, 0.25) is 0 Å². The number of anilines is 1. The first kappa shape index (κ1) is 14.8. The Morgan fingerprint density at radius 2 is 2.05 bits per heavy atom. The second-order valence-corrected chi connectivity index (χ2v) is 6.36. The van der Waals surface area contributed by atoms with Crippen molar-refractivity contribution in [2.24, 2.45) is 0 Å². The van der Waals surface area contributed by atoms with Crippen molar-refractivity contribution < 1.29 is 0 Å². The van der Waals surface area contributed by atoms with Crippen molar-refractivity contribution >= 4 is 5.82 Å². The maximum Gasteiger partial charge on any atom is 0.125 e. The first-order chi connectivity index (χ1) is 10.3. The predicted octanol–water partition coefficient (Wildman–Crippen LogP) is 2.57. The highest BCUT2D eigenvalue weighted by Gasteiger charge is 2.28. The zero-order chi connectivity index (χ0) is 14.5. The Morgan fingerprint density at radius 1 is 1.19 bits per heavy atom. The van der Waals surface area contributed by atoms with Crippen LogP contribution in [-0.4, -0.2) is 53.5 Å². The van der Waals surface area contributed by atoms with Crippen LogP contribution in [0.15, 0.2) is 18.3 Å². The van der Waals surface area contributed by atoms with E-state index in [4.69, 9.17) is 0 Å². The summed E-state index contributed by atoms with van der Waals surface area (Å²) in [6, 6.07) is 5.09. The summed E-state index contributed by atoms with van der Waals surface area (Å²) in [5.74, 6) is 0.980. The van der Waals surface area contributed by atoms with Gasteiger partial charge in [-0.05, 0) is 50.9 Å². The molecule has 1 aromatic rings. The van der Waals surface area contributed by atoms with Crippen molar-refractivity contribution in [1.82, 2.24) is 14.8 Å². The van der Waals surface area contributed by atoms with E-state index in [1.807, 2.05) is 6.20 Å². The number of hydrogen-bond acceptors (Lipinski definition) is 4. The van der Waals surface area contributed by atoms with E-state index in [0.29, 0.717) is 0 Å². The molecular weight excluding hydrogens is 260 g/mol. The number of nitrogens with one attached hydrogen (secondary N) is 1. The SMILES string of the molecule is CCNc1ccc(CN2CCC(N3CCCCC3)C2)cn1. The van der Waals surface area contributed by atoms with Crippen LogP contribution in [0, 0.1) is 0 Å². The summed E-state index contributed by atoms with van der Waals surface area (Å²) in [7, 11) is 0. The lowest BCUT2D eigenvalue weighted by molar-refractivity contribution is 0.161. The van der Waals surface area contributed by atoms with Crippen molar-refractivity contribution in [2.45, 2.75) is 45.2 Å². The molecule has 1 aromatic heterocycles. The van der Waals surface area contributed by atoms with Crippen LogP contribution >= 0.6 is 0 Å². The number of likely N-dealkylation sites (tertiary alicyclic amines) is 2. The van der Waals surface area contributed by atoms with Crippen LogP contribution in [-0.2, 0) is 6.54 Å². The minimum atomic E-state index is 0.791. The van der Waals surface area contributed by atoms with E-state index >= 15 is 0 Å². The summed E-state index contributed by atoms with van der Waals surface area (Å²) in [5, 5.41) is 3.25. The lowest BCUT2D eigenvalue weighted by Gasteiger charge is -2.32. The van der Waals surface area contributed by atoms with E-state index in [1.165, 1.54) is 57.4 Å². The average Bonchev–Trinajstić information content (AvgIpc) is 2.99. The maximum atomic E-state index is 4.47. The molecule has 2 saturated heterocycles. The van der Waals surface area contributed by atoms with Gasteiger partial charge in [-0.15, -0.1) is 0 Å². The molecule has 1 N–H and O–H groups in total. The molecule has 0 spiro atoms. The third kappa shape index (κ3) is 3.95. The lowest BCUT2D eigenvalue weighted by Crippen LogP contribution is -2.40. The van der Waals surface area contributed by atoms with Gasteiger partial charge in [0.05, 0.1) is 0 Å². The van der Waals surface area contributed by atoms with Gasteiger partial charge in [0, 0.05) is 38.4 Å². The fourth-order valence-electron chi connectivity index (χ4n) is 3.60. The van der Waals surface area contributed by atoms with Crippen LogP contribution < -0.4 is 5.32 Å². The van der Waals surface area contributed by atoms with Crippen molar-refractivity contribution in [2.75, 3.05) is 38.0 Å². The van der Waals surface area contributed by atoms with Gasteiger partial charge >= 0.3 is 0 Å². The van der Waals surface area contributed by atoms with Gasteiger partial charge < -0.3 is 5.32 Å². The topological polar surface area (TPSA) is 31.4 Å². The zero-order valence-electron chi connectivity index (χ0n) is 13.2. The highest BCUT2D eigenvalue weighted by atomic mass is 15.3. The molecular formula is C17H28N4. The molecule has 2 aliphatic rings. The molecule has 2 aliphatic heterocycles. The molecule has 0 aromatic carbocycles. The minimum absolute atomic E-state index is 0.791. The summed E-state index contributed by atoms with van der Waals surface area (Å²) in [4.78, 5) is 9.78. The Balaban J connectivity index is 1.49. The standard InChI is InChI=1S/C17H28N4/c1-2-18-17-7-6-15(12-19-17)13-20-11-8-16(14-20)21-9-4-3-5-10-21/h6-7,12,16H,2-5,8-11,13-14H2,1H3,(H,18,19). The second kappa shape index (κ2) is 7.23. The Hall–Kier alpha value is -1.13. The average molecular weight is 288 g/mol. The Morgan fingerprint density at radius 3 is 2.76 bits per heavy atom. The van der Waals surface area contributed by atoms with Crippen molar-refractivity contribution in [3.63, 3.8) is 0 Å². The molecule has 0 amide bonds. The number of nitrogens with zero attached hydrogens (tertiary/aromatic N) is 3. The van der Waals surface area contributed by atoms with Gasteiger partial charge in [-0.3, -0.25) is 9.80 Å². The van der Waals surface area contributed by atoms with Gasteiger partial charge in [0.25, 0.3) is 0 Å². The fraction of sp³-hybridized carbons (Fsp3) is 0.706. The monoisotopic (exact) mass is 288 g/mol. The predicted molar refractivity (Wildman–Crippen MR) is 87.5 cm³/mol. The first-order valence-electron chi connectivity index (χ1n) is 8.50. The van der Waals surface area contributed by atoms with Gasteiger partial charge in [0.1, 0.15) is 5.82 Å². The number of aromatic nitrogens is 1. The largest absolute Gasteiger partial charge is 0.370 e. The van der Waals surface area contributed by atoms with Gasteiger partial charge in [0.15, 0.2) is 0 Å². The molecule has 21 heavy (non-hydrogen) atoms. The summed E-state index contributed by atoms with van der Waals surface area (Å²) in [5.41, 5.74) is 1.33. The highest BCUT2D eigenvalue weighted by Crippen LogP contribution is 2.21. The molecule has 0 saturated carbocycles. The number of piperidine rings is 1. The van der Waals surface area contributed by atoms with E-state index in [0.717, 1.165) is 24.9 Å². The smallest absolute Gasteiger partial charge is 0.125 e. The normalized spacial score (nSPS) is 24.3. The first-order valence-corrected chi connectivity index (χ1v) is 8.50. The quantitative estimate of drug-likeness (QED) is 0.902. The van der Waals surface area contributed by atoms with E-state index in [2.05, 4.69) is 39.2 Å². The van der Waals surface area contributed by atoms with Crippen LogP contribution in [0.3, 0.4) is 0 Å². The molecule has 0 aliphatic carbocycles. The molecule has 0 radical (unpaired) electrons. The van der Waals surface area contributed by atoms with E-state index in [9.17, 15) is 0 Å². The molecule has 4 nitrogen and oxygen atoms in total. The molecule has 3 heterocycles. The van der Waals surface area contributed by atoms with Crippen LogP contribution in [0.1, 0.15) is 38.2 Å². The van der Waals surface area contributed by atoms with Gasteiger partial charge in [-0.1, -0.05) is 12.5 Å².